The Morgan fingerprint density at radius 3 is 2.71 bits per heavy atom. The van der Waals surface area contributed by atoms with E-state index in [9.17, 15) is 13.2 Å². The molecule has 0 aliphatic carbocycles. The van der Waals surface area contributed by atoms with Crippen LogP contribution in [0.5, 0.6) is 0 Å². The molecule has 118 valence electrons. The summed E-state index contributed by atoms with van der Waals surface area (Å²) in [5.74, 6) is -0.143. The van der Waals surface area contributed by atoms with Crippen LogP contribution in [0.3, 0.4) is 0 Å². The van der Waals surface area contributed by atoms with Crippen LogP contribution < -0.4 is 10.0 Å². The van der Waals surface area contributed by atoms with E-state index in [4.69, 9.17) is 11.6 Å². The Labute approximate surface area is 130 Å². The molecule has 0 saturated heterocycles. The molecule has 1 aromatic carbocycles. The van der Waals surface area contributed by atoms with Crippen LogP contribution >= 0.6 is 11.6 Å². The van der Waals surface area contributed by atoms with Crippen molar-refractivity contribution in [3.63, 3.8) is 0 Å². The number of anilines is 1. The lowest BCUT2D eigenvalue weighted by Gasteiger charge is -2.16. The quantitative estimate of drug-likeness (QED) is 0.699. The molecular formula is C13H20ClN3O3S. The summed E-state index contributed by atoms with van der Waals surface area (Å²) in [5.41, 5.74) is 0.652. The third kappa shape index (κ3) is 8.67. The van der Waals surface area contributed by atoms with Gasteiger partial charge in [-0.1, -0.05) is 17.7 Å². The van der Waals surface area contributed by atoms with Crippen LogP contribution in [-0.2, 0) is 14.8 Å². The average molecular weight is 334 g/mol. The van der Waals surface area contributed by atoms with Crippen LogP contribution in [-0.4, -0.2) is 52.2 Å². The Morgan fingerprint density at radius 2 is 2.10 bits per heavy atom. The van der Waals surface area contributed by atoms with Gasteiger partial charge < -0.3 is 5.32 Å². The number of carbonyl (C=O) groups is 1. The maximum atomic E-state index is 11.8. The zero-order valence-corrected chi connectivity index (χ0v) is 13.7. The lowest BCUT2D eigenvalue weighted by Crippen LogP contribution is -2.33. The van der Waals surface area contributed by atoms with Crippen LogP contribution in [0.2, 0.25) is 5.02 Å². The lowest BCUT2D eigenvalue weighted by atomic mass is 10.3. The molecule has 6 nitrogen and oxygen atoms in total. The van der Waals surface area contributed by atoms with Gasteiger partial charge in [0.15, 0.2) is 0 Å². The van der Waals surface area contributed by atoms with Crippen molar-refractivity contribution in [2.24, 2.45) is 0 Å². The highest BCUT2D eigenvalue weighted by molar-refractivity contribution is 7.88. The minimum absolute atomic E-state index is 0.143. The molecule has 0 atom stereocenters. The molecule has 2 N–H and O–H groups in total. The first-order valence-electron chi connectivity index (χ1n) is 6.45. The van der Waals surface area contributed by atoms with E-state index in [0.29, 0.717) is 30.2 Å². The molecule has 0 heterocycles. The molecule has 0 saturated carbocycles. The van der Waals surface area contributed by atoms with Gasteiger partial charge in [0.1, 0.15) is 0 Å². The van der Waals surface area contributed by atoms with E-state index in [1.807, 2.05) is 4.90 Å². The third-order valence-electron chi connectivity index (χ3n) is 2.60. The number of carbonyl (C=O) groups excluding carboxylic acids is 1. The first-order valence-corrected chi connectivity index (χ1v) is 8.72. The van der Waals surface area contributed by atoms with Crippen LogP contribution in [0.4, 0.5) is 5.69 Å². The smallest absolute Gasteiger partial charge is 0.238 e. The third-order valence-corrected chi connectivity index (χ3v) is 3.57. The molecule has 1 amide bonds. The Bertz CT molecular complexity index is 578. The maximum absolute atomic E-state index is 11.8. The Balaban J connectivity index is 2.27. The summed E-state index contributed by atoms with van der Waals surface area (Å²) < 4.78 is 24.2. The minimum atomic E-state index is -3.15. The van der Waals surface area contributed by atoms with Crippen molar-refractivity contribution < 1.29 is 13.2 Å². The number of amides is 1. The molecule has 21 heavy (non-hydrogen) atoms. The predicted molar refractivity (Wildman–Crippen MR) is 85.0 cm³/mol. The molecule has 1 aromatic rings. The molecule has 0 fully saturated rings. The summed E-state index contributed by atoms with van der Waals surface area (Å²) in [6.07, 6.45) is 1.75. The average Bonchev–Trinajstić information content (AvgIpc) is 2.33. The fraction of sp³-hybridized carbons (Fsp3) is 0.462. The number of rotatable bonds is 8. The van der Waals surface area contributed by atoms with Gasteiger partial charge in [-0.3, -0.25) is 9.69 Å². The van der Waals surface area contributed by atoms with Gasteiger partial charge in [-0.05, 0) is 38.2 Å². The zero-order valence-electron chi connectivity index (χ0n) is 12.1. The van der Waals surface area contributed by atoms with Gasteiger partial charge in [0.2, 0.25) is 15.9 Å². The Kier molecular flexibility index (Phi) is 7.10. The van der Waals surface area contributed by atoms with Gasteiger partial charge in [0.05, 0.1) is 12.8 Å². The Hall–Kier alpha value is -1.15. The fourth-order valence-corrected chi connectivity index (χ4v) is 2.40. The second-order valence-corrected chi connectivity index (χ2v) is 7.09. The second-order valence-electron chi connectivity index (χ2n) is 4.82. The monoisotopic (exact) mass is 333 g/mol. The zero-order chi connectivity index (χ0) is 15.9. The van der Waals surface area contributed by atoms with Gasteiger partial charge in [-0.15, -0.1) is 0 Å². The maximum Gasteiger partial charge on any atom is 0.238 e. The summed E-state index contributed by atoms with van der Waals surface area (Å²) in [6, 6.07) is 6.94. The largest absolute Gasteiger partial charge is 0.325 e. The molecule has 1 rings (SSSR count). The number of sulfonamides is 1. The lowest BCUT2D eigenvalue weighted by molar-refractivity contribution is -0.117. The topological polar surface area (TPSA) is 78.5 Å². The van der Waals surface area contributed by atoms with E-state index in [0.717, 1.165) is 6.26 Å². The summed E-state index contributed by atoms with van der Waals surface area (Å²) in [6.45, 7) is 1.20. The number of likely N-dealkylation sites (N-methyl/N-ethyl adjacent to an activating group) is 1. The minimum Gasteiger partial charge on any atom is -0.325 e. The summed E-state index contributed by atoms with van der Waals surface area (Å²) >= 11 is 5.84. The number of hydrogen-bond acceptors (Lipinski definition) is 4. The van der Waals surface area contributed by atoms with E-state index in [2.05, 4.69) is 10.0 Å². The molecule has 0 aliphatic rings. The highest BCUT2D eigenvalue weighted by Gasteiger charge is 2.07. The van der Waals surface area contributed by atoms with Gasteiger partial charge in [0, 0.05) is 17.3 Å². The van der Waals surface area contributed by atoms with Crippen molar-refractivity contribution in [1.82, 2.24) is 9.62 Å². The van der Waals surface area contributed by atoms with Crippen LogP contribution in [0.1, 0.15) is 6.42 Å². The van der Waals surface area contributed by atoms with Gasteiger partial charge in [0.25, 0.3) is 0 Å². The number of nitrogens with one attached hydrogen (secondary N) is 2. The summed E-state index contributed by atoms with van der Waals surface area (Å²) in [7, 11) is -1.35. The van der Waals surface area contributed by atoms with E-state index in [-0.39, 0.29) is 12.5 Å². The van der Waals surface area contributed by atoms with Crippen molar-refractivity contribution in [2.75, 3.05) is 38.3 Å². The number of nitrogens with zero attached hydrogens (tertiary/aromatic N) is 1. The summed E-state index contributed by atoms with van der Waals surface area (Å²) in [5, 5.41) is 3.31. The van der Waals surface area contributed by atoms with Crippen LogP contribution in [0, 0.1) is 0 Å². The van der Waals surface area contributed by atoms with Crippen molar-refractivity contribution in [2.45, 2.75) is 6.42 Å². The van der Waals surface area contributed by atoms with E-state index >= 15 is 0 Å². The van der Waals surface area contributed by atoms with Crippen molar-refractivity contribution in [1.29, 1.82) is 0 Å². The van der Waals surface area contributed by atoms with Crippen molar-refractivity contribution in [3.8, 4) is 0 Å². The summed E-state index contributed by atoms with van der Waals surface area (Å²) in [4.78, 5) is 13.6. The van der Waals surface area contributed by atoms with Crippen LogP contribution in [0.25, 0.3) is 0 Å². The van der Waals surface area contributed by atoms with E-state index in [1.54, 1.807) is 31.3 Å². The van der Waals surface area contributed by atoms with Gasteiger partial charge in [-0.25, -0.2) is 13.1 Å². The number of benzene rings is 1. The molecule has 0 unspecified atom stereocenters. The first-order chi connectivity index (χ1) is 9.76. The predicted octanol–water partition coefficient (Wildman–Crippen LogP) is 1.15. The number of halogens is 1. The Morgan fingerprint density at radius 1 is 1.38 bits per heavy atom. The molecule has 0 aliphatic heterocycles. The highest BCUT2D eigenvalue weighted by atomic mass is 35.5. The molecule has 8 heteroatoms. The van der Waals surface area contributed by atoms with E-state index < -0.39 is 10.0 Å². The second kappa shape index (κ2) is 8.33. The SMILES string of the molecule is CN(CCCNS(C)(=O)=O)CC(=O)Nc1cccc(Cl)c1. The van der Waals surface area contributed by atoms with E-state index in [1.165, 1.54) is 0 Å². The van der Waals surface area contributed by atoms with Gasteiger partial charge >= 0.3 is 0 Å². The normalized spacial score (nSPS) is 11.6. The fourth-order valence-electron chi connectivity index (χ4n) is 1.70. The molecule has 0 spiro atoms. The van der Waals surface area contributed by atoms with Crippen molar-refractivity contribution >= 4 is 33.2 Å². The molecule has 0 bridgehead atoms. The molecular weight excluding hydrogens is 314 g/mol. The standard InChI is InChI=1S/C13H20ClN3O3S/c1-17(8-4-7-15-21(2,19)20)10-13(18)16-12-6-3-5-11(14)9-12/h3,5-6,9,15H,4,7-8,10H2,1-2H3,(H,16,18). The molecule has 0 aromatic heterocycles. The number of hydrogen-bond donors (Lipinski definition) is 2. The first kappa shape index (κ1) is 17.9. The highest BCUT2D eigenvalue weighted by Crippen LogP contribution is 2.14. The molecule has 0 radical (unpaired) electrons. The van der Waals surface area contributed by atoms with Crippen molar-refractivity contribution in [3.05, 3.63) is 29.3 Å². The van der Waals surface area contributed by atoms with Crippen LogP contribution in [0.15, 0.2) is 24.3 Å². The van der Waals surface area contributed by atoms with Gasteiger partial charge in [-0.2, -0.15) is 0 Å².